The van der Waals surface area contributed by atoms with Crippen molar-refractivity contribution in [2.45, 2.75) is 19.8 Å². The highest BCUT2D eigenvalue weighted by Gasteiger charge is 2.31. The molecule has 1 aromatic carbocycles. The van der Waals surface area contributed by atoms with Gasteiger partial charge in [0.1, 0.15) is 0 Å². The van der Waals surface area contributed by atoms with E-state index in [4.69, 9.17) is 11.6 Å². The van der Waals surface area contributed by atoms with Gasteiger partial charge in [0.05, 0.1) is 16.7 Å². The van der Waals surface area contributed by atoms with Gasteiger partial charge in [-0.2, -0.15) is 0 Å². The molecule has 1 amide bonds. The number of hydrogen-bond acceptors (Lipinski definition) is 3. The van der Waals surface area contributed by atoms with Gasteiger partial charge in [-0.3, -0.25) is 4.79 Å². The molecule has 1 aliphatic heterocycles. The van der Waals surface area contributed by atoms with Crippen LogP contribution in [0.5, 0.6) is 0 Å². The Labute approximate surface area is 144 Å². The molecule has 5 nitrogen and oxygen atoms in total. The van der Waals surface area contributed by atoms with Crippen LogP contribution in [0.4, 0.5) is 5.69 Å². The molecule has 1 fully saturated rings. The first-order chi connectivity index (χ1) is 10.3. The van der Waals surface area contributed by atoms with E-state index in [9.17, 15) is 13.2 Å². The van der Waals surface area contributed by atoms with E-state index in [1.807, 2.05) is 0 Å². The molecule has 1 aliphatic rings. The van der Waals surface area contributed by atoms with Crippen LogP contribution in [0, 0.1) is 5.92 Å². The summed E-state index contributed by atoms with van der Waals surface area (Å²) < 4.78 is 26.0. The molecule has 1 heterocycles. The monoisotopic (exact) mass is 408 g/mol. The average Bonchev–Trinajstić information content (AvgIpc) is 2.51. The number of halogens is 2. The van der Waals surface area contributed by atoms with Gasteiger partial charge in [0.25, 0.3) is 0 Å². The molecule has 8 heteroatoms. The second-order valence-electron chi connectivity index (χ2n) is 5.22. The molecule has 1 aromatic rings. The molecule has 0 radical (unpaired) electrons. The summed E-state index contributed by atoms with van der Waals surface area (Å²) in [7, 11) is -3.25. The minimum atomic E-state index is -3.25. The topological polar surface area (TPSA) is 66.5 Å². The highest BCUT2D eigenvalue weighted by molar-refractivity contribution is 9.10. The predicted molar refractivity (Wildman–Crippen MR) is 91.5 cm³/mol. The smallest absolute Gasteiger partial charge is 0.228 e. The molecule has 2 rings (SSSR count). The fourth-order valence-electron chi connectivity index (χ4n) is 2.41. The van der Waals surface area contributed by atoms with Crippen molar-refractivity contribution in [2.24, 2.45) is 5.92 Å². The Morgan fingerprint density at radius 2 is 2.23 bits per heavy atom. The maximum atomic E-state index is 12.3. The van der Waals surface area contributed by atoms with Crippen LogP contribution >= 0.6 is 27.5 Å². The highest BCUT2D eigenvalue weighted by Crippen LogP contribution is 2.27. The summed E-state index contributed by atoms with van der Waals surface area (Å²) in [5.74, 6) is -0.448. The summed E-state index contributed by atoms with van der Waals surface area (Å²) in [6.45, 7) is 2.35. The molecule has 22 heavy (non-hydrogen) atoms. The average molecular weight is 410 g/mol. The van der Waals surface area contributed by atoms with Gasteiger partial charge in [-0.05, 0) is 53.9 Å². The maximum absolute atomic E-state index is 12.3. The molecular weight excluding hydrogens is 392 g/mol. The van der Waals surface area contributed by atoms with Crippen LogP contribution in [-0.2, 0) is 14.8 Å². The second-order valence-corrected chi connectivity index (χ2v) is 8.73. The Hall–Kier alpha value is -0.630. The van der Waals surface area contributed by atoms with Crippen LogP contribution in [0.3, 0.4) is 0 Å². The summed E-state index contributed by atoms with van der Waals surface area (Å²) in [6.07, 6.45) is 1.38. The number of anilines is 1. The van der Waals surface area contributed by atoms with Crippen molar-refractivity contribution in [1.82, 2.24) is 4.31 Å². The Bertz CT molecular complexity index is 666. The highest BCUT2D eigenvalue weighted by atomic mass is 79.9. The second kappa shape index (κ2) is 7.29. The molecule has 122 valence electrons. The lowest BCUT2D eigenvalue weighted by atomic mass is 9.99. The fourth-order valence-corrected chi connectivity index (χ4v) is 4.02. The fraction of sp³-hybridized carbons (Fsp3) is 0.500. The van der Waals surface area contributed by atoms with Crippen molar-refractivity contribution < 1.29 is 13.2 Å². The van der Waals surface area contributed by atoms with E-state index in [1.54, 1.807) is 25.1 Å². The van der Waals surface area contributed by atoms with Crippen LogP contribution in [0.1, 0.15) is 19.8 Å². The Morgan fingerprint density at radius 1 is 1.50 bits per heavy atom. The third-order valence-electron chi connectivity index (χ3n) is 3.70. The molecule has 0 aliphatic carbocycles. The number of carbonyl (C=O) groups excluding carboxylic acids is 1. The zero-order valence-electron chi connectivity index (χ0n) is 12.2. The van der Waals surface area contributed by atoms with Crippen LogP contribution in [0.15, 0.2) is 22.7 Å². The van der Waals surface area contributed by atoms with Gasteiger partial charge >= 0.3 is 0 Å². The first-order valence-electron chi connectivity index (χ1n) is 7.07. The zero-order chi connectivity index (χ0) is 16.3. The van der Waals surface area contributed by atoms with E-state index in [2.05, 4.69) is 21.2 Å². The molecule has 1 N–H and O–H groups in total. The van der Waals surface area contributed by atoms with Crippen molar-refractivity contribution in [1.29, 1.82) is 0 Å². The lowest BCUT2D eigenvalue weighted by Gasteiger charge is -2.30. The minimum absolute atomic E-state index is 0.0592. The zero-order valence-corrected chi connectivity index (χ0v) is 15.3. The molecule has 0 aromatic heterocycles. The van der Waals surface area contributed by atoms with Gasteiger partial charge in [0.15, 0.2) is 0 Å². The molecule has 0 saturated carbocycles. The van der Waals surface area contributed by atoms with E-state index >= 15 is 0 Å². The first kappa shape index (κ1) is 17.7. The molecule has 1 saturated heterocycles. The lowest BCUT2D eigenvalue weighted by Crippen LogP contribution is -2.44. The largest absolute Gasteiger partial charge is 0.326 e. The van der Waals surface area contributed by atoms with Gasteiger partial charge in [-0.15, -0.1) is 0 Å². The summed E-state index contributed by atoms with van der Waals surface area (Å²) in [4.78, 5) is 12.3. The number of sulfonamides is 1. The number of amides is 1. The number of benzene rings is 1. The van der Waals surface area contributed by atoms with E-state index in [1.165, 1.54) is 4.31 Å². The van der Waals surface area contributed by atoms with Crippen LogP contribution in [0.2, 0.25) is 5.02 Å². The van der Waals surface area contributed by atoms with E-state index < -0.39 is 10.0 Å². The Morgan fingerprint density at radius 3 is 2.86 bits per heavy atom. The summed E-state index contributed by atoms with van der Waals surface area (Å²) in [5.41, 5.74) is 0.605. The summed E-state index contributed by atoms with van der Waals surface area (Å²) >= 11 is 9.29. The van der Waals surface area contributed by atoms with Crippen LogP contribution in [0.25, 0.3) is 0 Å². The summed E-state index contributed by atoms with van der Waals surface area (Å²) in [6, 6.07) is 5.16. The number of hydrogen-bond donors (Lipinski definition) is 1. The third-order valence-corrected chi connectivity index (χ3v) is 6.78. The van der Waals surface area contributed by atoms with Gasteiger partial charge in [-0.1, -0.05) is 11.6 Å². The maximum Gasteiger partial charge on any atom is 0.228 e. The number of carbonyl (C=O) groups is 1. The summed E-state index contributed by atoms with van der Waals surface area (Å²) in [5, 5.41) is 3.31. The van der Waals surface area contributed by atoms with E-state index in [0.29, 0.717) is 30.1 Å². The SMILES string of the molecule is CCS(=O)(=O)N1CCC[C@H](C(=O)Nc2ccc(Br)c(Cl)c2)C1. The van der Waals surface area contributed by atoms with Gasteiger partial charge in [0, 0.05) is 23.2 Å². The quantitative estimate of drug-likeness (QED) is 0.831. The number of nitrogens with zero attached hydrogens (tertiary/aromatic N) is 1. The number of piperidine rings is 1. The Kier molecular flexibility index (Phi) is 5.87. The Balaban J connectivity index is 2.04. The number of rotatable bonds is 4. The molecule has 0 bridgehead atoms. The third kappa shape index (κ3) is 4.22. The van der Waals surface area contributed by atoms with Gasteiger partial charge in [-0.25, -0.2) is 12.7 Å². The normalized spacial score (nSPS) is 19.9. The van der Waals surface area contributed by atoms with Crippen molar-refractivity contribution in [2.75, 3.05) is 24.2 Å². The lowest BCUT2D eigenvalue weighted by molar-refractivity contribution is -0.120. The molecule has 0 unspecified atom stereocenters. The molecule has 1 atom stereocenters. The van der Waals surface area contributed by atoms with E-state index in [0.717, 1.165) is 4.47 Å². The van der Waals surface area contributed by atoms with Gasteiger partial charge < -0.3 is 5.32 Å². The predicted octanol–water partition coefficient (Wildman–Crippen LogP) is 3.10. The number of nitrogens with one attached hydrogen (secondary N) is 1. The van der Waals surface area contributed by atoms with Gasteiger partial charge in [0.2, 0.25) is 15.9 Å². The van der Waals surface area contributed by atoms with E-state index in [-0.39, 0.29) is 24.1 Å². The van der Waals surface area contributed by atoms with Crippen molar-refractivity contribution in [3.8, 4) is 0 Å². The first-order valence-corrected chi connectivity index (χ1v) is 9.85. The standard InChI is InChI=1S/C14H18BrClN2O3S/c1-2-22(20,21)18-7-3-4-10(9-18)14(19)17-11-5-6-12(15)13(16)8-11/h5-6,8,10H,2-4,7,9H2,1H3,(H,17,19)/t10-/m0/s1. The van der Waals surface area contributed by atoms with Crippen LogP contribution < -0.4 is 5.32 Å². The molecule has 0 spiro atoms. The van der Waals surface area contributed by atoms with Crippen molar-refractivity contribution in [3.05, 3.63) is 27.7 Å². The van der Waals surface area contributed by atoms with Crippen LogP contribution in [-0.4, -0.2) is 37.5 Å². The van der Waals surface area contributed by atoms with Crippen molar-refractivity contribution >= 4 is 49.1 Å². The minimum Gasteiger partial charge on any atom is -0.326 e. The molecular formula is C14H18BrClN2O3S. The van der Waals surface area contributed by atoms with Crippen molar-refractivity contribution in [3.63, 3.8) is 0 Å².